The van der Waals surface area contributed by atoms with Gasteiger partial charge in [-0.2, -0.15) is 0 Å². The number of sulfonamides is 1. The second-order valence-corrected chi connectivity index (χ2v) is 15.2. The molecule has 0 atom stereocenters. The lowest BCUT2D eigenvalue weighted by Crippen LogP contribution is -2.32. The lowest BCUT2D eigenvalue weighted by atomic mass is 9.79. The SMILES string of the molecule is Cc1c(S(=O)(=O)NC2CCCC2)cc(-c2cc(C(C)(C)C)cc(C(C)(C)C)c2)n1CC1CCCCC1. The molecule has 4 nitrogen and oxygen atoms in total. The van der Waals surface area contributed by atoms with Crippen LogP contribution in [0.5, 0.6) is 0 Å². The molecule has 0 unspecified atom stereocenters. The first-order valence-electron chi connectivity index (χ1n) is 14.1. The Bertz CT molecular complexity index is 1130. The fraction of sp³-hybridized carbons (Fsp3) is 0.677. The van der Waals surface area contributed by atoms with Crippen molar-refractivity contribution in [2.24, 2.45) is 5.92 Å². The second kappa shape index (κ2) is 10.3. The number of nitrogens with zero attached hydrogens (tertiary/aromatic N) is 1. The Hall–Kier alpha value is -1.59. The van der Waals surface area contributed by atoms with Crippen LogP contribution < -0.4 is 4.72 Å². The zero-order valence-corrected chi connectivity index (χ0v) is 24.5. The molecule has 2 saturated carbocycles. The zero-order chi connectivity index (χ0) is 26.3. The van der Waals surface area contributed by atoms with Gasteiger partial charge >= 0.3 is 0 Å². The predicted octanol–water partition coefficient (Wildman–Crippen LogP) is 7.86. The highest BCUT2D eigenvalue weighted by Crippen LogP contribution is 2.38. The summed E-state index contributed by atoms with van der Waals surface area (Å²) in [4.78, 5) is 0.457. The third-order valence-corrected chi connectivity index (χ3v) is 10.0. The lowest BCUT2D eigenvalue weighted by molar-refractivity contribution is 0.318. The maximum absolute atomic E-state index is 13.6. The van der Waals surface area contributed by atoms with Crippen LogP contribution in [0.4, 0.5) is 0 Å². The summed E-state index contributed by atoms with van der Waals surface area (Å²) in [6.07, 6.45) is 10.4. The van der Waals surface area contributed by atoms with Crippen LogP contribution in [0.15, 0.2) is 29.2 Å². The molecule has 0 spiro atoms. The van der Waals surface area contributed by atoms with E-state index in [9.17, 15) is 8.42 Å². The lowest BCUT2D eigenvalue weighted by Gasteiger charge is -2.27. The number of hydrogen-bond acceptors (Lipinski definition) is 2. The molecule has 0 radical (unpaired) electrons. The van der Waals surface area contributed by atoms with Crippen LogP contribution in [0, 0.1) is 12.8 Å². The molecule has 1 aromatic carbocycles. The van der Waals surface area contributed by atoms with Gasteiger partial charge in [0, 0.05) is 24.0 Å². The Morgan fingerprint density at radius 2 is 1.33 bits per heavy atom. The normalized spacial score (nSPS) is 18.8. The summed E-state index contributed by atoms with van der Waals surface area (Å²) in [5.74, 6) is 0.606. The van der Waals surface area contributed by atoms with Crippen LogP contribution in [0.1, 0.15) is 116 Å². The third-order valence-electron chi connectivity index (χ3n) is 8.41. The monoisotopic (exact) mass is 512 g/mol. The number of rotatable bonds is 6. The average molecular weight is 513 g/mol. The molecule has 1 N–H and O–H groups in total. The molecule has 2 aliphatic rings. The third kappa shape index (κ3) is 6.10. The topological polar surface area (TPSA) is 51.1 Å². The minimum Gasteiger partial charge on any atom is -0.343 e. The molecular weight excluding hydrogens is 464 g/mol. The van der Waals surface area contributed by atoms with Crippen molar-refractivity contribution >= 4 is 10.0 Å². The van der Waals surface area contributed by atoms with Gasteiger partial charge in [0.05, 0.1) is 0 Å². The van der Waals surface area contributed by atoms with Crippen molar-refractivity contribution in [2.75, 3.05) is 0 Å². The average Bonchev–Trinajstić information content (AvgIpc) is 3.41. The standard InChI is InChI=1S/C31H48N2O2S/c1-22-29(36(34,35)32-27-15-11-12-16-27)20-28(33(22)21-23-13-9-8-10-14-23)24-17-25(30(2,3)4)19-26(18-24)31(5,6)7/h17-20,23,27,32H,8-16,21H2,1-7H3. The first-order valence-corrected chi connectivity index (χ1v) is 15.6. The van der Waals surface area contributed by atoms with E-state index < -0.39 is 10.0 Å². The molecule has 0 saturated heterocycles. The maximum Gasteiger partial charge on any atom is 0.242 e. The van der Waals surface area contributed by atoms with E-state index in [1.807, 2.05) is 13.0 Å². The molecule has 1 aromatic heterocycles. The molecule has 0 bridgehead atoms. The molecule has 2 aromatic rings. The Balaban J connectivity index is 1.86. The number of nitrogens with one attached hydrogen (secondary N) is 1. The van der Waals surface area contributed by atoms with Crippen molar-refractivity contribution in [1.29, 1.82) is 0 Å². The molecule has 5 heteroatoms. The van der Waals surface area contributed by atoms with E-state index in [2.05, 4.69) is 69.0 Å². The number of aromatic nitrogens is 1. The van der Waals surface area contributed by atoms with Gasteiger partial charge in [-0.25, -0.2) is 13.1 Å². The van der Waals surface area contributed by atoms with E-state index in [0.29, 0.717) is 10.8 Å². The second-order valence-electron chi connectivity index (χ2n) is 13.5. The van der Waals surface area contributed by atoms with E-state index >= 15 is 0 Å². The van der Waals surface area contributed by atoms with Gasteiger partial charge in [0.15, 0.2) is 0 Å². The van der Waals surface area contributed by atoms with Gasteiger partial charge in [-0.05, 0) is 84.2 Å². The van der Waals surface area contributed by atoms with Gasteiger partial charge in [-0.15, -0.1) is 0 Å². The summed E-state index contributed by atoms with van der Waals surface area (Å²) < 4.78 is 32.6. The van der Waals surface area contributed by atoms with Crippen LogP contribution in [-0.4, -0.2) is 19.0 Å². The summed E-state index contributed by atoms with van der Waals surface area (Å²) in [6.45, 7) is 16.4. The minimum atomic E-state index is -3.57. The first-order chi connectivity index (χ1) is 16.8. The Morgan fingerprint density at radius 3 is 1.86 bits per heavy atom. The molecule has 4 rings (SSSR count). The predicted molar refractivity (Wildman–Crippen MR) is 151 cm³/mol. The largest absolute Gasteiger partial charge is 0.343 e. The van der Waals surface area contributed by atoms with Crippen LogP contribution in [0.25, 0.3) is 11.3 Å². The Kier molecular flexibility index (Phi) is 7.84. The maximum atomic E-state index is 13.6. The van der Waals surface area contributed by atoms with Gasteiger partial charge in [0.1, 0.15) is 4.90 Å². The van der Waals surface area contributed by atoms with E-state index in [0.717, 1.165) is 49.2 Å². The summed E-state index contributed by atoms with van der Waals surface area (Å²) in [7, 11) is -3.57. The van der Waals surface area contributed by atoms with Gasteiger partial charge in [0.2, 0.25) is 10.0 Å². The molecule has 2 fully saturated rings. The zero-order valence-electron chi connectivity index (χ0n) is 23.7. The Labute approximate surface area is 220 Å². The van der Waals surface area contributed by atoms with Crippen molar-refractivity contribution in [2.45, 2.75) is 135 Å². The Morgan fingerprint density at radius 1 is 0.806 bits per heavy atom. The van der Waals surface area contributed by atoms with Gasteiger partial charge in [-0.3, -0.25) is 0 Å². The van der Waals surface area contributed by atoms with E-state index in [1.54, 1.807) is 0 Å². The van der Waals surface area contributed by atoms with Crippen molar-refractivity contribution in [3.8, 4) is 11.3 Å². The van der Waals surface area contributed by atoms with Crippen LogP contribution in [0.3, 0.4) is 0 Å². The van der Waals surface area contributed by atoms with Crippen molar-refractivity contribution in [3.63, 3.8) is 0 Å². The van der Waals surface area contributed by atoms with Crippen molar-refractivity contribution in [3.05, 3.63) is 41.1 Å². The van der Waals surface area contributed by atoms with Crippen LogP contribution >= 0.6 is 0 Å². The van der Waals surface area contributed by atoms with E-state index in [4.69, 9.17) is 0 Å². The van der Waals surface area contributed by atoms with E-state index in [-0.39, 0.29) is 16.9 Å². The summed E-state index contributed by atoms with van der Waals surface area (Å²) in [5, 5.41) is 0. The van der Waals surface area contributed by atoms with Gasteiger partial charge < -0.3 is 4.57 Å². The van der Waals surface area contributed by atoms with Crippen molar-refractivity contribution < 1.29 is 8.42 Å². The highest BCUT2D eigenvalue weighted by atomic mass is 32.2. The molecule has 200 valence electrons. The smallest absolute Gasteiger partial charge is 0.242 e. The van der Waals surface area contributed by atoms with Crippen LogP contribution in [-0.2, 0) is 27.4 Å². The van der Waals surface area contributed by atoms with Crippen LogP contribution in [0.2, 0.25) is 0 Å². The molecule has 0 amide bonds. The fourth-order valence-electron chi connectivity index (χ4n) is 5.96. The molecule has 36 heavy (non-hydrogen) atoms. The molecule has 1 heterocycles. The fourth-order valence-corrected chi connectivity index (χ4v) is 7.53. The highest BCUT2D eigenvalue weighted by Gasteiger charge is 2.30. The number of benzene rings is 1. The van der Waals surface area contributed by atoms with Crippen molar-refractivity contribution in [1.82, 2.24) is 9.29 Å². The highest BCUT2D eigenvalue weighted by molar-refractivity contribution is 7.89. The summed E-state index contributed by atoms with van der Waals surface area (Å²) in [6, 6.07) is 8.95. The minimum absolute atomic E-state index is 0.00474. The quantitative estimate of drug-likeness (QED) is 0.428. The summed E-state index contributed by atoms with van der Waals surface area (Å²) >= 11 is 0. The summed E-state index contributed by atoms with van der Waals surface area (Å²) in [5.41, 5.74) is 5.65. The van der Waals surface area contributed by atoms with Gasteiger partial charge in [-0.1, -0.05) is 79.7 Å². The van der Waals surface area contributed by atoms with E-state index in [1.165, 1.54) is 43.2 Å². The molecule has 2 aliphatic carbocycles. The first kappa shape index (κ1) is 27.4. The van der Waals surface area contributed by atoms with Gasteiger partial charge in [0.25, 0.3) is 0 Å². The molecule has 0 aliphatic heterocycles. The number of hydrogen-bond donors (Lipinski definition) is 1. The molecular formula is C31H48N2O2S.